The minimum atomic E-state index is 0.0776. The third-order valence-electron chi connectivity index (χ3n) is 4.06. The maximum absolute atomic E-state index is 12.4. The number of rotatable bonds is 6. The molecule has 1 rings (SSSR count). The molecular formula is C17H30N2O. The molecule has 114 valence electrons. The molecule has 2 amide bonds. The highest BCUT2D eigenvalue weighted by molar-refractivity contribution is 5.75. The van der Waals surface area contributed by atoms with Gasteiger partial charge in [0, 0.05) is 13.1 Å². The molecule has 0 heterocycles. The van der Waals surface area contributed by atoms with E-state index in [-0.39, 0.29) is 12.1 Å². The zero-order valence-electron chi connectivity index (χ0n) is 13.5. The standard InChI is InChI=1S/C17H30N2O/c1-6-10-19(11-7-2)17(20)18-16-12-15(13(3)4)9-8-14(16)5/h8,15-16H,3,6-7,9-12H2,1-2,4-5H3,(H,18,20)/t15-,16-/m1/s1. The van der Waals surface area contributed by atoms with Crippen LogP contribution in [0.2, 0.25) is 0 Å². The molecule has 0 radical (unpaired) electrons. The van der Waals surface area contributed by atoms with E-state index in [4.69, 9.17) is 0 Å². The zero-order chi connectivity index (χ0) is 15.1. The summed E-state index contributed by atoms with van der Waals surface area (Å²) in [6.45, 7) is 14.1. The highest BCUT2D eigenvalue weighted by Crippen LogP contribution is 2.28. The Morgan fingerprint density at radius 3 is 2.50 bits per heavy atom. The van der Waals surface area contributed by atoms with E-state index in [0.717, 1.165) is 38.8 Å². The Morgan fingerprint density at radius 1 is 1.40 bits per heavy atom. The van der Waals surface area contributed by atoms with Crippen LogP contribution in [0.25, 0.3) is 0 Å². The molecular weight excluding hydrogens is 248 g/mol. The van der Waals surface area contributed by atoms with Crippen molar-refractivity contribution in [2.75, 3.05) is 13.1 Å². The summed E-state index contributed by atoms with van der Waals surface area (Å²) >= 11 is 0. The van der Waals surface area contributed by atoms with Gasteiger partial charge in [0.1, 0.15) is 0 Å². The Labute approximate surface area is 124 Å². The molecule has 1 aliphatic carbocycles. The van der Waals surface area contributed by atoms with Crippen LogP contribution in [0.5, 0.6) is 0 Å². The molecule has 0 saturated heterocycles. The van der Waals surface area contributed by atoms with Crippen molar-refractivity contribution in [3.8, 4) is 0 Å². The van der Waals surface area contributed by atoms with Crippen molar-refractivity contribution in [2.24, 2.45) is 5.92 Å². The van der Waals surface area contributed by atoms with Crippen LogP contribution in [0.3, 0.4) is 0 Å². The summed E-state index contributed by atoms with van der Waals surface area (Å²) in [6, 6.07) is 0.239. The lowest BCUT2D eigenvalue weighted by atomic mass is 9.83. The van der Waals surface area contributed by atoms with Crippen molar-refractivity contribution in [1.82, 2.24) is 10.2 Å². The first-order chi connectivity index (χ1) is 9.49. The van der Waals surface area contributed by atoms with E-state index in [2.05, 4.69) is 45.7 Å². The van der Waals surface area contributed by atoms with Gasteiger partial charge in [-0.1, -0.05) is 37.6 Å². The van der Waals surface area contributed by atoms with Crippen molar-refractivity contribution in [3.05, 3.63) is 23.8 Å². The van der Waals surface area contributed by atoms with Crippen molar-refractivity contribution in [1.29, 1.82) is 0 Å². The first-order valence-corrected chi connectivity index (χ1v) is 7.87. The summed E-state index contributed by atoms with van der Waals surface area (Å²) in [4.78, 5) is 14.3. The second kappa shape index (κ2) is 8.13. The average Bonchev–Trinajstić information content (AvgIpc) is 2.40. The average molecular weight is 278 g/mol. The minimum Gasteiger partial charge on any atom is -0.332 e. The smallest absolute Gasteiger partial charge is 0.317 e. The van der Waals surface area contributed by atoms with Crippen LogP contribution in [-0.2, 0) is 0 Å². The molecule has 0 bridgehead atoms. The Morgan fingerprint density at radius 2 is 2.00 bits per heavy atom. The van der Waals surface area contributed by atoms with Gasteiger partial charge in [-0.3, -0.25) is 0 Å². The largest absolute Gasteiger partial charge is 0.332 e. The van der Waals surface area contributed by atoms with E-state index in [1.165, 1.54) is 11.1 Å². The lowest BCUT2D eigenvalue weighted by molar-refractivity contribution is 0.193. The van der Waals surface area contributed by atoms with Crippen LogP contribution < -0.4 is 5.32 Å². The monoisotopic (exact) mass is 278 g/mol. The molecule has 1 aliphatic rings. The summed E-state index contributed by atoms with van der Waals surface area (Å²) in [5, 5.41) is 3.20. The number of nitrogens with one attached hydrogen (secondary N) is 1. The van der Waals surface area contributed by atoms with Gasteiger partial charge in [-0.05, 0) is 45.4 Å². The van der Waals surface area contributed by atoms with Crippen molar-refractivity contribution >= 4 is 6.03 Å². The third kappa shape index (κ3) is 4.69. The Balaban J connectivity index is 2.65. The van der Waals surface area contributed by atoms with E-state index in [1.807, 2.05) is 4.90 Å². The molecule has 2 atom stereocenters. The van der Waals surface area contributed by atoms with Gasteiger partial charge in [0.05, 0.1) is 6.04 Å². The molecule has 0 aromatic heterocycles. The summed E-state index contributed by atoms with van der Waals surface area (Å²) in [5.41, 5.74) is 2.50. The number of nitrogens with zero attached hydrogens (tertiary/aromatic N) is 1. The SMILES string of the molecule is C=C(C)[C@@H]1CC=C(C)[C@H](NC(=O)N(CCC)CCC)C1. The number of carbonyl (C=O) groups is 1. The quantitative estimate of drug-likeness (QED) is 0.728. The first-order valence-electron chi connectivity index (χ1n) is 7.87. The molecule has 0 fully saturated rings. The normalized spacial score (nSPS) is 22.1. The number of amides is 2. The third-order valence-corrected chi connectivity index (χ3v) is 4.06. The summed E-state index contributed by atoms with van der Waals surface area (Å²) < 4.78 is 0. The summed E-state index contributed by atoms with van der Waals surface area (Å²) in [7, 11) is 0. The predicted molar refractivity (Wildman–Crippen MR) is 85.8 cm³/mol. The molecule has 0 saturated carbocycles. The lowest BCUT2D eigenvalue weighted by Gasteiger charge is -2.32. The van der Waals surface area contributed by atoms with E-state index in [0.29, 0.717) is 5.92 Å². The summed E-state index contributed by atoms with van der Waals surface area (Å²) in [6.07, 6.45) is 6.29. The van der Waals surface area contributed by atoms with Crippen molar-refractivity contribution in [3.63, 3.8) is 0 Å². The van der Waals surface area contributed by atoms with Gasteiger partial charge in [0.15, 0.2) is 0 Å². The number of hydrogen-bond acceptors (Lipinski definition) is 1. The predicted octanol–water partition coefficient (Wildman–Crippen LogP) is 4.12. The molecule has 0 aromatic rings. The second-order valence-electron chi connectivity index (χ2n) is 5.95. The molecule has 1 N–H and O–H groups in total. The minimum absolute atomic E-state index is 0.0776. The van der Waals surface area contributed by atoms with E-state index in [9.17, 15) is 4.79 Å². The lowest BCUT2D eigenvalue weighted by Crippen LogP contribution is -2.47. The van der Waals surface area contributed by atoms with Crippen LogP contribution in [0, 0.1) is 5.92 Å². The number of urea groups is 1. The van der Waals surface area contributed by atoms with Gasteiger partial charge < -0.3 is 10.2 Å². The van der Waals surface area contributed by atoms with Crippen LogP contribution in [0.1, 0.15) is 53.4 Å². The zero-order valence-corrected chi connectivity index (χ0v) is 13.5. The highest BCUT2D eigenvalue weighted by atomic mass is 16.2. The van der Waals surface area contributed by atoms with Crippen LogP contribution in [0.15, 0.2) is 23.8 Å². The van der Waals surface area contributed by atoms with Gasteiger partial charge in [0.2, 0.25) is 0 Å². The molecule has 3 nitrogen and oxygen atoms in total. The molecule has 0 aromatic carbocycles. The van der Waals surface area contributed by atoms with Crippen LogP contribution in [0.4, 0.5) is 4.79 Å². The molecule has 0 aliphatic heterocycles. The molecule has 3 heteroatoms. The first kappa shape index (κ1) is 16.8. The number of carbonyl (C=O) groups excluding carboxylic acids is 1. The Hall–Kier alpha value is -1.25. The Kier molecular flexibility index (Phi) is 6.83. The number of allylic oxidation sites excluding steroid dienone is 2. The van der Waals surface area contributed by atoms with Crippen LogP contribution in [-0.4, -0.2) is 30.1 Å². The van der Waals surface area contributed by atoms with Crippen LogP contribution >= 0.6 is 0 Å². The van der Waals surface area contributed by atoms with Gasteiger partial charge in [-0.15, -0.1) is 0 Å². The highest BCUT2D eigenvalue weighted by Gasteiger charge is 2.25. The fourth-order valence-corrected chi connectivity index (χ4v) is 2.71. The fourth-order valence-electron chi connectivity index (χ4n) is 2.71. The van der Waals surface area contributed by atoms with Gasteiger partial charge in [-0.2, -0.15) is 0 Å². The van der Waals surface area contributed by atoms with Gasteiger partial charge in [0.25, 0.3) is 0 Å². The molecule has 0 unspecified atom stereocenters. The van der Waals surface area contributed by atoms with E-state index < -0.39 is 0 Å². The number of hydrogen-bond donors (Lipinski definition) is 1. The van der Waals surface area contributed by atoms with Gasteiger partial charge in [-0.25, -0.2) is 4.79 Å². The summed E-state index contributed by atoms with van der Waals surface area (Å²) in [5.74, 6) is 0.495. The van der Waals surface area contributed by atoms with Crippen molar-refractivity contribution in [2.45, 2.75) is 59.4 Å². The molecule has 0 spiro atoms. The van der Waals surface area contributed by atoms with Gasteiger partial charge >= 0.3 is 6.03 Å². The van der Waals surface area contributed by atoms with Crippen molar-refractivity contribution < 1.29 is 4.79 Å². The second-order valence-corrected chi connectivity index (χ2v) is 5.95. The fraction of sp³-hybridized carbons (Fsp3) is 0.706. The Bertz CT molecular complexity index is 367. The topological polar surface area (TPSA) is 32.3 Å². The maximum atomic E-state index is 12.4. The maximum Gasteiger partial charge on any atom is 0.317 e. The molecule has 20 heavy (non-hydrogen) atoms. The van der Waals surface area contributed by atoms with E-state index >= 15 is 0 Å². The van der Waals surface area contributed by atoms with E-state index in [1.54, 1.807) is 0 Å².